The van der Waals surface area contributed by atoms with Gasteiger partial charge >= 0.3 is 0 Å². The third-order valence-electron chi connectivity index (χ3n) is 4.31. The quantitative estimate of drug-likeness (QED) is 0.861. The van der Waals surface area contributed by atoms with Gasteiger partial charge in [-0.3, -0.25) is 0 Å². The van der Waals surface area contributed by atoms with Gasteiger partial charge in [-0.1, -0.05) is 37.1 Å². The fraction of sp³-hybridized carbons (Fsp3) is 0.625. The molecule has 0 amide bonds. The Morgan fingerprint density at radius 3 is 2.41 bits per heavy atom. The molecule has 2 rings (SSSR count). The van der Waals surface area contributed by atoms with E-state index in [1.54, 1.807) is 16.4 Å². The van der Waals surface area contributed by atoms with Crippen molar-refractivity contribution in [2.45, 2.75) is 38.7 Å². The molecule has 0 saturated carbocycles. The molecule has 1 aliphatic rings. The average Bonchev–Trinajstić information content (AvgIpc) is 2.53. The minimum atomic E-state index is -3.13. The first-order valence-electron chi connectivity index (χ1n) is 7.85. The molecule has 0 bridgehead atoms. The number of aliphatic hydroxyl groups excluding tert-OH is 1. The summed E-state index contributed by atoms with van der Waals surface area (Å²) in [5.41, 5.74) is 0.844. The Kier molecular flexibility index (Phi) is 6.26. The molecule has 6 heteroatoms. The fourth-order valence-electron chi connectivity index (χ4n) is 2.86. The van der Waals surface area contributed by atoms with E-state index in [4.69, 9.17) is 11.6 Å². The Balaban J connectivity index is 1.93. The standard InChI is InChI=1S/C16H24ClNO3S/c1-2-3-12-22(20,21)18-10-8-14(9-11-18)16(19)13-4-6-15(17)7-5-13/h4-7,14,16,19H,2-3,8-12H2,1H3. The van der Waals surface area contributed by atoms with Crippen LogP contribution in [-0.2, 0) is 10.0 Å². The van der Waals surface area contributed by atoms with Crippen molar-refractivity contribution in [3.63, 3.8) is 0 Å². The van der Waals surface area contributed by atoms with E-state index in [2.05, 4.69) is 0 Å². The number of hydrogen-bond acceptors (Lipinski definition) is 3. The maximum atomic E-state index is 12.2. The van der Waals surface area contributed by atoms with Gasteiger partial charge in [0, 0.05) is 18.1 Å². The molecule has 0 aliphatic carbocycles. The zero-order chi connectivity index (χ0) is 16.2. The molecule has 1 aromatic carbocycles. The van der Waals surface area contributed by atoms with Crippen LogP contribution in [0, 0.1) is 5.92 Å². The summed E-state index contributed by atoms with van der Waals surface area (Å²) in [6.07, 6.45) is 2.41. The Bertz CT molecular complexity index is 566. The number of sulfonamides is 1. The number of nitrogens with zero attached hydrogens (tertiary/aromatic N) is 1. The Morgan fingerprint density at radius 2 is 1.86 bits per heavy atom. The fourth-order valence-corrected chi connectivity index (χ4v) is 4.66. The van der Waals surface area contributed by atoms with Crippen LogP contribution in [0.5, 0.6) is 0 Å². The van der Waals surface area contributed by atoms with Gasteiger partial charge in [0.15, 0.2) is 0 Å². The lowest BCUT2D eigenvalue weighted by molar-refractivity contribution is 0.0760. The highest BCUT2D eigenvalue weighted by Gasteiger charge is 2.31. The lowest BCUT2D eigenvalue weighted by Crippen LogP contribution is -2.40. The van der Waals surface area contributed by atoms with E-state index in [1.807, 2.05) is 19.1 Å². The van der Waals surface area contributed by atoms with E-state index in [0.29, 0.717) is 37.4 Å². The first-order chi connectivity index (χ1) is 10.4. The van der Waals surface area contributed by atoms with E-state index >= 15 is 0 Å². The predicted octanol–water partition coefficient (Wildman–Crippen LogP) is 3.22. The molecule has 22 heavy (non-hydrogen) atoms. The second kappa shape index (κ2) is 7.77. The van der Waals surface area contributed by atoms with Gasteiger partial charge in [0.1, 0.15) is 0 Å². The number of hydrogen-bond donors (Lipinski definition) is 1. The predicted molar refractivity (Wildman–Crippen MR) is 89.4 cm³/mol. The highest BCUT2D eigenvalue weighted by Crippen LogP contribution is 2.32. The molecule has 1 heterocycles. The summed E-state index contributed by atoms with van der Waals surface area (Å²) in [7, 11) is -3.13. The van der Waals surface area contributed by atoms with Crippen molar-refractivity contribution in [3.8, 4) is 0 Å². The van der Waals surface area contributed by atoms with Crippen LogP contribution in [0.25, 0.3) is 0 Å². The van der Waals surface area contributed by atoms with Crippen molar-refractivity contribution in [2.75, 3.05) is 18.8 Å². The number of benzene rings is 1. The van der Waals surface area contributed by atoms with Crippen molar-refractivity contribution < 1.29 is 13.5 Å². The number of aliphatic hydroxyl groups is 1. The largest absolute Gasteiger partial charge is 0.388 e. The molecule has 4 nitrogen and oxygen atoms in total. The van der Waals surface area contributed by atoms with Crippen LogP contribution in [0.2, 0.25) is 5.02 Å². The van der Waals surface area contributed by atoms with Gasteiger partial charge in [-0.2, -0.15) is 0 Å². The first-order valence-corrected chi connectivity index (χ1v) is 9.84. The van der Waals surface area contributed by atoms with Gasteiger partial charge in [0.05, 0.1) is 11.9 Å². The molecule has 0 radical (unpaired) electrons. The lowest BCUT2D eigenvalue weighted by atomic mass is 9.88. The third-order valence-corrected chi connectivity index (χ3v) is 6.51. The normalized spacial score (nSPS) is 19.2. The van der Waals surface area contributed by atoms with Crippen LogP contribution in [0.3, 0.4) is 0 Å². The second-order valence-electron chi connectivity index (χ2n) is 5.90. The zero-order valence-electron chi connectivity index (χ0n) is 12.9. The molecule has 0 spiro atoms. The Hall–Kier alpha value is -0.620. The summed E-state index contributed by atoms with van der Waals surface area (Å²) in [4.78, 5) is 0. The Labute approximate surface area is 138 Å². The smallest absolute Gasteiger partial charge is 0.214 e. The average molecular weight is 346 g/mol. The van der Waals surface area contributed by atoms with E-state index in [9.17, 15) is 13.5 Å². The number of unbranched alkanes of at least 4 members (excludes halogenated alkanes) is 1. The van der Waals surface area contributed by atoms with E-state index in [0.717, 1.165) is 12.0 Å². The van der Waals surface area contributed by atoms with Gasteiger partial charge in [-0.25, -0.2) is 12.7 Å². The number of halogens is 1. The summed E-state index contributed by atoms with van der Waals surface area (Å²) < 4.78 is 25.9. The third kappa shape index (κ3) is 4.44. The van der Waals surface area contributed by atoms with Crippen molar-refractivity contribution >= 4 is 21.6 Å². The molecule has 1 aliphatic heterocycles. The molecule has 1 atom stereocenters. The van der Waals surface area contributed by atoms with Gasteiger partial charge in [0.25, 0.3) is 0 Å². The highest BCUT2D eigenvalue weighted by atomic mass is 35.5. The molecule has 0 aromatic heterocycles. The lowest BCUT2D eigenvalue weighted by Gasteiger charge is -2.33. The maximum absolute atomic E-state index is 12.2. The van der Waals surface area contributed by atoms with Gasteiger partial charge in [-0.15, -0.1) is 0 Å². The van der Waals surface area contributed by atoms with Crippen molar-refractivity contribution in [1.82, 2.24) is 4.31 Å². The zero-order valence-corrected chi connectivity index (χ0v) is 14.5. The summed E-state index contributed by atoms with van der Waals surface area (Å²) in [5.74, 6) is 0.326. The maximum Gasteiger partial charge on any atom is 0.214 e. The minimum absolute atomic E-state index is 0.0961. The SMILES string of the molecule is CCCCS(=O)(=O)N1CCC(C(O)c2ccc(Cl)cc2)CC1. The number of piperidine rings is 1. The van der Waals surface area contributed by atoms with Crippen molar-refractivity contribution in [3.05, 3.63) is 34.9 Å². The minimum Gasteiger partial charge on any atom is -0.388 e. The first kappa shape index (κ1) is 17.7. The summed E-state index contributed by atoms with van der Waals surface area (Å²) >= 11 is 5.86. The molecule has 1 fully saturated rings. The molecule has 124 valence electrons. The van der Waals surface area contributed by atoms with Crippen molar-refractivity contribution in [1.29, 1.82) is 0 Å². The van der Waals surface area contributed by atoms with E-state index < -0.39 is 16.1 Å². The second-order valence-corrected chi connectivity index (χ2v) is 8.43. The van der Waals surface area contributed by atoms with Crippen LogP contribution in [-0.4, -0.2) is 36.7 Å². The van der Waals surface area contributed by atoms with Gasteiger partial charge < -0.3 is 5.11 Å². The highest BCUT2D eigenvalue weighted by molar-refractivity contribution is 7.89. The van der Waals surface area contributed by atoms with Crippen LogP contribution in [0.1, 0.15) is 44.3 Å². The van der Waals surface area contributed by atoms with E-state index in [-0.39, 0.29) is 11.7 Å². The molecule has 1 aromatic rings. The molecular formula is C16H24ClNO3S. The van der Waals surface area contributed by atoms with Crippen LogP contribution < -0.4 is 0 Å². The van der Waals surface area contributed by atoms with Gasteiger partial charge in [0.2, 0.25) is 10.0 Å². The summed E-state index contributed by atoms with van der Waals surface area (Å²) in [5, 5.41) is 11.1. The summed E-state index contributed by atoms with van der Waals surface area (Å²) in [6, 6.07) is 7.20. The van der Waals surface area contributed by atoms with Gasteiger partial charge in [-0.05, 0) is 42.9 Å². The monoisotopic (exact) mass is 345 g/mol. The summed E-state index contributed by atoms with van der Waals surface area (Å²) in [6.45, 7) is 2.99. The van der Waals surface area contributed by atoms with Crippen molar-refractivity contribution in [2.24, 2.45) is 5.92 Å². The molecule has 1 saturated heterocycles. The Morgan fingerprint density at radius 1 is 1.27 bits per heavy atom. The van der Waals surface area contributed by atoms with Crippen LogP contribution >= 0.6 is 11.6 Å². The molecule has 1 unspecified atom stereocenters. The van der Waals surface area contributed by atoms with Crippen LogP contribution in [0.4, 0.5) is 0 Å². The van der Waals surface area contributed by atoms with E-state index in [1.165, 1.54) is 0 Å². The molecular weight excluding hydrogens is 322 g/mol. The molecule has 1 N–H and O–H groups in total. The topological polar surface area (TPSA) is 57.6 Å². The number of rotatable bonds is 6. The van der Waals surface area contributed by atoms with Crippen LogP contribution in [0.15, 0.2) is 24.3 Å².